The maximum absolute atomic E-state index is 12.5. The van der Waals surface area contributed by atoms with E-state index >= 15 is 0 Å². The van der Waals surface area contributed by atoms with Gasteiger partial charge in [-0.25, -0.2) is 4.79 Å². The number of hydrogen-bond donors (Lipinski definition) is 1. The largest absolute Gasteiger partial charge is 0.460 e. The smallest absolute Gasteiger partial charge is 0.376 e. The van der Waals surface area contributed by atoms with E-state index in [0.717, 1.165) is 35.2 Å². The number of carbonyl (C=O) groups is 1. The summed E-state index contributed by atoms with van der Waals surface area (Å²) in [4.78, 5) is 16.6. The molecule has 2 aromatic heterocycles. The first kappa shape index (κ1) is 23.0. The van der Waals surface area contributed by atoms with E-state index in [1.165, 1.54) is 5.56 Å². The predicted molar refractivity (Wildman–Crippen MR) is 133 cm³/mol. The molecule has 0 unspecified atom stereocenters. The zero-order valence-electron chi connectivity index (χ0n) is 20.1. The van der Waals surface area contributed by atoms with Gasteiger partial charge in [0, 0.05) is 22.8 Å². The van der Waals surface area contributed by atoms with Crippen LogP contribution in [-0.4, -0.2) is 31.6 Å². The van der Waals surface area contributed by atoms with Crippen LogP contribution in [0.3, 0.4) is 0 Å². The van der Waals surface area contributed by atoms with Crippen LogP contribution < -0.4 is 5.32 Å². The Morgan fingerprint density at radius 1 is 1.24 bits per heavy atom. The van der Waals surface area contributed by atoms with Crippen molar-refractivity contribution in [3.63, 3.8) is 0 Å². The van der Waals surface area contributed by atoms with Crippen molar-refractivity contribution in [1.29, 1.82) is 0 Å². The minimum Gasteiger partial charge on any atom is -0.460 e. The van der Waals surface area contributed by atoms with Crippen LogP contribution in [0.1, 0.15) is 55.8 Å². The molecule has 4 rings (SSSR count). The summed E-state index contributed by atoms with van der Waals surface area (Å²) in [5.74, 6) is -0.361. The molecule has 1 aromatic carbocycles. The molecular formula is C25H31N3O4Si. The summed E-state index contributed by atoms with van der Waals surface area (Å²) in [6, 6.07) is 7.96. The van der Waals surface area contributed by atoms with E-state index in [2.05, 4.69) is 61.5 Å². The lowest BCUT2D eigenvalue weighted by atomic mass is 10.1. The summed E-state index contributed by atoms with van der Waals surface area (Å²) in [7, 11) is -1.96. The number of benzene rings is 1. The van der Waals surface area contributed by atoms with Crippen molar-refractivity contribution in [2.24, 2.45) is 5.16 Å². The van der Waals surface area contributed by atoms with Crippen molar-refractivity contribution in [3.05, 3.63) is 53.5 Å². The number of aromatic nitrogens is 1. The highest BCUT2D eigenvalue weighted by Crippen LogP contribution is 2.38. The molecule has 0 bridgehead atoms. The van der Waals surface area contributed by atoms with Gasteiger partial charge in [0.1, 0.15) is 5.69 Å². The van der Waals surface area contributed by atoms with E-state index in [1.807, 2.05) is 12.1 Å². The molecule has 33 heavy (non-hydrogen) atoms. The molecule has 0 spiro atoms. The van der Waals surface area contributed by atoms with Gasteiger partial charge in [-0.1, -0.05) is 26.8 Å². The lowest BCUT2D eigenvalue weighted by Gasteiger charge is -2.33. The van der Waals surface area contributed by atoms with E-state index < -0.39 is 14.3 Å². The number of furan rings is 1. The second-order valence-corrected chi connectivity index (χ2v) is 14.5. The van der Waals surface area contributed by atoms with Gasteiger partial charge in [0.25, 0.3) is 8.32 Å². The molecule has 7 nitrogen and oxygen atoms in total. The summed E-state index contributed by atoms with van der Waals surface area (Å²) in [5, 5.41) is 8.83. The zero-order chi connectivity index (χ0) is 23.8. The van der Waals surface area contributed by atoms with Gasteiger partial charge in [-0.2, -0.15) is 0 Å². The fraction of sp³-hybridized carbons (Fsp3) is 0.400. The Morgan fingerprint density at radius 3 is 2.76 bits per heavy atom. The van der Waals surface area contributed by atoms with Gasteiger partial charge in [-0.3, -0.25) is 4.98 Å². The standard InChI is InChI=1S/C25H31N3O4Si/c1-7-30-24(29)23-22(19-12-13-26-15-21(19)31-23)27-17-9-10-18-16(14-17)8-11-20(18)28-32-33(5,6)25(2,3)4/h9-10,12-15,27H,7-8,11H2,1-6H3/b28-20-. The van der Waals surface area contributed by atoms with Crippen LogP contribution in [0.2, 0.25) is 18.1 Å². The highest BCUT2D eigenvalue weighted by atomic mass is 28.4. The van der Waals surface area contributed by atoms with Gasteiger partial charge < -0.3 is 19.0 Å². The van der Waals surface area contributed by atoms with E-state index in [9.17, 15) is 4.79 Å². The molecule has 8 heteroatoms. The van der Waals surface area contributed by atoms with Gasteiger partial charge in [-0.15, -0.1) is 5.16 Å². The van der Waals surface area contributed by atoms with E-state index in [0.29, 0.717) is 11.3 Å². The fourth-order valence-electron chi connectivity index (χ4n) is 3.51. The quantitative estimate of drug-likeness (QED) is 0.257. The molecule has 0 atom stereocenters. The number of aryl methyl sites for hydroxylation is 1. The Bertz CT molecular complexity index is 1220. The highest BCUT2D eigenvalue weighted by Gasteiger charge is 2.40. The predicted octanol–water partition coefficient (Wildman–Crippen LogP) is 6.42. The summed E-state index contributed by atoms with van der Waals surface area (Å²) in [5.41, 5.74) is 5.29. The number of anilines is 2. The van der Waals surface area contributed by atoms with E-state index in [-0.39, 0.29) is 17.4 Å². The lowest BCUT2D eigenvalue weighted by Crippen LogP contribution is -2.39. The van der Waals surface area contributed by atoms with Crippen molar-refractivity contribution >= 4 is 42.3 Å². The fourth-order valence-corrected chi connectivity index (χ4v) is 4.12. The van der Waals surface area contributed by atoms with Crippen molar-refractivity contribution in [2.45, 2.75) is 58.7 Å². The molecule has 0 amide bonds. The number of hydrogen-bond acceptors (Lipinski definition) is 7. The third kappa shape index (κ3) is 4.52. The molecule has 0 saturated heterocycles. The Kier molecular flexibility index (Phi) is 6.05. The molecule has 0 fully saturated rings. The molecule has 174 valence electrons. The molecule has 0 aliphatic heterocycles. The molecule has 0 saturated carbocycles. The second kappa shape index (κ2) is 8.66. The molecule has 1 N–H and O–H groups in total. The first-order chi connectivity index (χ1) is 15.6. The molecule has 3 aromatic rings. The number of nitrogens with one attached hydrogen (secondary N) is 1. The van der Waals surface area contributed by atoms with Crippen LogP contribution in [-0.2, 0) is 15.7 Å². The maximum atomic E-state index is 12.5. The highest BCUT2D eigenvalue weighted by molar-refractivity contribution is 6.74. The zero-order valence-corrected chi connectivity index (χ0v) is 21.1. The van der Waals surface area contributed by atoms with Gasteiger partial charge in [0.05, 0.1) is 18.5 Å². The minimum absolute atomic E-state index is 0.103. The maximum Gasteiger partial charge on any atom is 0.376 e. The number of ether oxygens (including phenoxy) is 1. The molecule has 2 heterocycles. The van der Waals surface area contributed by atoms with Crippen LogP contribution in [0.5, 0.6) is 0 Å². The second-order valence-electron chi connectivity index (χ2n) is 9.78. The number of carbonyl (C=O) groups excluding carboxylic acids is 1. The average Bonchev–Trinajstić information content (AvgIpc) is 3.33. The Labute approximate surface area is 195 Å². The van der Waals surface area contributed by atoms with Crippen molar-refractivity contribution in [2.75, 3.05) is 11.9 Å². The normalized spacial score (nSPS) is 15.0. The van der Waals surface area contributed by atoms with Gasteiger partial charge in [0.15, 0.2) is 5.58 Å². The first-order valence-corrected chi connectivity index (χ1v) is 14.2. The number of pyridine rings is 1. The van der Waals surface area contributed by atoms with Crippen molar-refractivity contribution < 1.29 is 18.5 Å². The monoisotopic (exact) mass is 465 g/mol. The summed E-state index contributed by atoms with van der Waals surface area (Å²) in [6.07, 6.45) is 5.01. The van der Waals surface area contributed by atoms with Gasteiger partial charge >= 0.3 is 5.97 Å². The van der Waals surface area contributed by atoms with Crippen molar-refractivity contribution in [1.82, 2.24) is 4.98 Å². The van der Waals surface area contributed by atoms with Gasteiger partial charge in [0.2, 0.25) is 5.76 Å². The average molecular weight is 466 g/mol. The third-order valence-corrected chi connectivity index (χ3v) is 10.6. The first-order valence-electron chi connectivity index (χ1n) is 11.3. The molecule has 1 aliphatic carbocycles. The number of fused-ring (bicyclic) bond motifs is 2. The van der Waals surface area contributed by atoms with Crippen LogP contribution >= 0.6 is 0 Å². The van der Waals surface area contributed by atoms with E-state index in [4.69, 9.17) is 13.7 Å². The minimum atomic E-state index is -1.96. The molecule has 1 aliphatic rings. The Hall–Kier alpha value is -3.13. The van der Waals surface area contributed by atoms with Crippen LogP contribution in [0.4, 0.5) is 11.4 Å². The summed E-state index contributed by atoms with van der Waals surface area (Å²) in [6.45, 7) is 13.1. The van der Waals surface area contributed by atoms with Crippen molar-refractivity contribution in [3.8, 4) is 0 Å². The van der Waals surface area contributed by atoms with Crippen LogP contribution in [0.15, 0.2) is 46.2 Å². The van der Waals surface area contributed by atoms with Crippen LogP contribution in [0.25, 0.3) is 11.0 Å². The Balaban J connectivity index is 1.62. The third-order valence-electron chi connectivity index (χ3n) is 6.46. The Morgan fingerprint density at radius 2 is 2.03 bits per heavy atom. The molecule has 0 radical (unpaired) electrons. The molecular weight excluding hydrogens is 434 g/mol. The SMILES string of the molecule is CCOC(=O)c1oc2cnccc2c1Nc1ccc2c(c1)CC/C2=N/O[Si](C)(C)C(C)(C)C. The topological polar surface area (TPSA) is 86.0 Å². The summed E-state index contributed by atoms with van der Waals surface area (Å²) >= 11 is 0. The number of rotatable bonds is 6. The van der Waals surface area contributed by atoms with E-state index in [1.54, 1.807) is 19.3 Å². The number of esters is 1. The number of nitrogens with zero attached hydrogens (tertiary/aromatic N) is 2. The lowest BCUT2D eigenvalue weighted by molar-refractivity contribution is 0.0494. The summed E-state index contributed by atoms with van der Waals surface area (Å²) < 4.78 is 17.0. The van der Waals surface area contributed by atoms with Crippen LogP contribution in [0, 0.1) is 0 Å². The van der Waals surface area contributed by atoms with Gasteiger partial charge in [-0.05, 0) is 61.7 Å². The number of oxime groups is 1.